The molecule has 0 amide bonds. The highest BCUT2D eigenvalue weighted by Gasteiger charge is 2.38. The van der Waals surface area contributed by atoms with Crippen molar-refractivity contribution < 1.29 is 9.47 Å². The Balaban J connectivity index is 1.52. The molecule has 0 aliphatic heterocycles. The lowest BCUT2D eigenvalue weighted by atomic mass is 9.77. The first-order chi connectivity index (χ1) is 15.5. The van der Waals surface area contributed by atoms with Crippen LogP contribution in [0.4, 0.5) is 0 Å². The lowest BCUT2D eigenvalue weighted by Gasteiger charge is -2.40. The Morgan fingerprint density at radius 2 is 1.48 bits per heavy atom. The molecule has 175 valence electrons. The molecule has 0 bridgehead atoms. The molecule has 0 fully saturated rings. The fourth-order valence-corrected chi connectivity index (χ4v) is 9.75. The van der Waals surface area contributed by atoms with Gasteiger partial charge >= 0.3 is 0 Å². The van der Waals surface area contributed by atoms with E-state index in [0.717, 1.165) is 0 Å². The quantitative estimate of drug-likeness (QED) is 0.144. The van der Waals surface area contributed by atoms with Crippen LogP contribution in [-0.2, 0) is 9.47 Å². The summed E-state index contributed by atoms with van der Waals surface area (Å²) in [6.07, 6.45) is 4.62. The number of hydrogen-bond acceptors (Lipinski definition) is 6. The first-order valence-corrected chi connectivity index (χ1v) is 15.3. The third-order valence-electron chi connectivity index (χ3n) is 6.66. The molecule has 0 saturated heterocycles. The molecule has 0 spiro atoms. The Hall–Kier alpha value is -0.225. The third kappa shape index (κ3) is 4.78. The molecule has 2 nitrogen and oxygen atoms in total. The number of methoxy groups -OCH3 is 1. The fourth-order valence-electron chi connectivity index (χ4n) is 3.51. The molecular weight excluding hydrogens is 598 g/mol. The van der Waals surface area contributed by atoms with Crippen LogP contribution in [0.3, 0.4) is 0 Å². The van der Waals surface area contributed by atoms with Gasteiger partial charge in [-0.15, -0.1) is 45.3 Å². The molecule has 4 aromatic rings. The van der Waals surface area contributed by atoms with E-state index in [1.165, 1.54) is 53.6 Å². The van der Waals surface area contributed by atoms with Crippen molar-refractivity contribution in [3.05, 3.63) is 35.4 Å². The van der Waals surface area contributed by atoms with Gasteiger partial charge < -0.3 is 9.47 Å². The zero-order chi connectivity index (χ0) is 24.1. The van der Waals surface area contributed by atoms with E-state index in [1.54, 1.807) is 7.11 Å². The number of hydrogen-bond donors (Lipinski definition) is 0. The molecule has 0 atom stereocenters. The summed E-state index contributed by atoms with van der Waals surface area (Å²) in [6, 6.07) is 0. The summed E-state index contributed by atoms with van der Waals surface area (Å²) in [5.41, 5.74) is 3.46. The van der Waals surface area contributed by atoms with Crippen LogP contribution >= 0.6 is 67.9 Å². The second-order valence-corrected chi connectivity index (χ2v) is 14.4. The van der Waals surface area contributed by atoms with Gasteiger partial charge in [0.1, 0.15) is 0 Å². The molecule has 0 N–H and O–H groups in total. The van der Waals surface area contributed by atoms with Crippen LogP contribution in [0.1, 0.15) is 54.1 Å². The summed E-state index contributed by atoms with van der Waals surface area (Å²) in [4.78, 5) is 2.73. The van der Waals surface area contributed by atoms with Gasteiger partial charge in [0, 0.05) is 41.0 Å². The Kier molecular flexibility index (Phi) is 7.58. The van der Waals surface area contributed by atoms with Crippen molar-refractivity contribution in [1.29, 1.82) is 0 Å². The smallest absolute Gasteiger partial charge is 0.200 e. The molecule has 4 aromatic heterocycles. The van der Waals surface area contributed by atoms with Gasteiger partial charge in [0.15, 0.2) is 0 Å². The average molecular weight is 627 g/mol. The van der Waals surface area contributed by atoms with Gasteiger partial charge in [-0.25, -0.2) is 0 Å². The van der Waals surface area contributed by atoms with Crippen molar-refractivity contribution in [1.82, 2.24) is 0 Å². The molecular formula is C25H29BIO2S4. The number of aryl methyl sites for hydroxylation is 3. The second-order valence-electron chi connectivity index (χ2n) is 9.27. The molecule has 0 saturated carbocycles. The molecule has 4 heterocycles. The minimum atomic E-state index is -0.376. The molecule has 33 heavy (non-hydrogen) atoms. The van der Waals surface area contributed by atoms with Crippen LogP contribution in [-0.4, -0.2) is 32.1 Å². The third-order valence-corrected chi connectivity index (χ3v) is 14.0. The van der Waals surface area contributed by atoms with E-state index in [1.807, 2.05) is 45.3 Å². The zero-order valence-electron chi connectivity index (χ0n) is 20.3. The fraction of sp³-hybridized carbons (Fsp3) is 0.440. The van der Waals surface area contributed by atoms with E-state index in [2.05, 4.69) is 95.9 Å². The number of fused-ring (bicyclic) bond motifs is 2. The molecule has 0 aliphatic carbocycles. The lowest BCUT2D eigenvalue weighted by Crippen LogP contribution is -2.49. The molecule has 0 aromatic carbocycles. The van der Waals surface area contributed by atoms with Gasteiger partial charge in [0.05, 0.1) is 15.9 Å². The van der Waals surface area contributed by atoms with Gasteiger partial charge in [-0.1, -0.05) is 0 Å². The Labute approximate surface area is 227 Å². The maximum atomic E-state index is 6.21. The number of thiophene rings is 4. The lowest BCUT2D eigenvalue weighted by molar-refractivity contribution is -0.153. The van der Waals surface area contributed by atoms with Crippen LogP contribution in [0.15, 0.2) is 5.38 Å². The summed E-state index contributed by atoms with van der Waals surface area (Å²) >= 11 is 10.0. The standard InChI is InChI=1S/C25H29BIO2S4/c1-13-11-30-20-14(2)16(31-19(13)20)9-10-17-15(3)21-22(32-17)18(27)23(33-21)26-12-29-25(6,7)24(4,5)28-8/h9-11H,12H2,1-8H3/b10-9+. The van der Waals surface area contributed by atoms with E-state index >= 15 is 0 Å². The van der Waals surface area contributed by atoms with Gasteiger partial charge in [-0.05, 0) is 110 Å². The maximum absolute atomic E-state index is 6.21. The van der Waals surface area contributed by atoms with Crippen molar-refractivity contribution in [2.24, 2.45) is 0 Å². The topological polar surface area (TPSA) is 18.5 Å². The van der Waals surface area contributed by atoms with Crippen LogP contribution in [0, 0.1) is 24.3 Å². The Bertz CT molecular complexity index is 1340. The molecule has 1 radical (unpaired) electrons. The highest BCUT2D eigenvalue weighted by Crippen LogP contribution is 2.41. The summed E-state index contributed by atoms with van der Waals surface area (Å²) in [7, 11) is 3.95. The van der Waals surface area contributed by atoms with Crippen LogP contribution in [0.25, 0.3) is 31.0 Å². The van der Waals surface area contributed by atoms with Crippen molar-refractivity contribution >= 4 is 111 Å². The van der Waals surface area contributed by atoms with Crippen molar-refractivity contribution in [3.63, 3.8) is 0 Å². The van der Waals surface area contributed by atoms with Crippen LogP contribution in [0.2, 0.25) is 0 Å². The van der Waals surface area contributed by atoms with Gasteiger partial charge in [0.2, 0.25) is 7.28 Å². The number of halogens is 1. The summed E-state index contributed by atoms with van der Waals surface area (Å²) in [5, 5.41) is 2.26. The van der Waals surface area contributed by atoms with Gasteiger partial charge in [0.25, 0.3) is 0 Å². The first kappa shape index (κ1) is 25.9. The Morgan fingerprint density at radius 1 is 0.879 bits per heavy atom. The summed E-state index contributed by atoms with van der Waals surface area (Å²) < 4.78 is 20.1. The summed E-state index contributed by atoms with van der Waals surface area (Å²) in [5.74, 6) is 0. The number of rotatable bonds is 8. The second kappa shape index (κ2) is 9.67. The predicted molar refractivity (Wildman–Crippen MR) is 162 cm³/mol. The van der Waals surface area contributed by atoms with Crippen molar-refractivity contribution in [3.8, 4) is 0 Å². The van der Waals surface area contributed by atoms with E-state index in [4.69, 9.17) is 9.47 Å². The molecule has 0 aliphatic rings. The van der Waals surface area contributed by atoms with Gasteiger partial charge in [-0.3, -0.25) is 0 Å². The normalized spacial score (nSPS) is 13.2. The monoisotopic (exact) mass is 627 g/mol. The summed E-state index contributed by atoms with van der Waals surface area (Å²) in [6.45, 7) is 15.6. The Morgan fingerprint density at radius 3 is 2.06 bits per heavy atom. The highest BCUT2D eigenvalue weighted by atomic mass is 127. The van der Waals surface area contributed by atoms with Crippen LogP contribution < -0.4 is 4.78 Å². The largest absolute Gasteiger partial charge is 0.381 e. The minimum absolute atomic E-state index is 0.351. The van der Waals surface area contributed by atoms with E-state index in [9.17, 15) is 0 Å². The van der Waals surface area contributed by atoms with E-state index in [0.29, 0.717) is 6.51 Å². The zero-order valence-corrected chi connectivity index (χ0v) is 25.8. The highest BCUT2D eigenvalue weighted by molar-refractivity contribution is 14.1. The van der Waals surface area contributed by atoms with Gasteiger partial charge in [-0.2, -0.15) is 0 Å². The SMILES string of the molecule is COC(C)(C)C(C)(C)OC[B]c1sc2c(C)c(/C=C/c3sc4c(C)csc4c3C)sc2c1I. The van der Waals surface area contributed by atoms with Crippen molar-refractivity contribution in [2.75, 3.05) is 13.6 Å². The van der Waals surface area contributed by atoms with E-state index < -0.39 is 0 Å². The predicted octanol–water partition coefficient (Wildman–Crippen LogP) is 8.45. The molecule has 4 rings (SSSR count). The molecule has 0 unspecified atom stereocenters. The van der Waals surface area contributed by atoms with Crippen molar-refractivity contribution in [2.45, 2.75) is 59.7 Å². The van der Waals surface area contributed by atoms with E-state index in [-0.39, 0.29) is 11.2 Å². The van der Waals surface area contributed by atoms with Crippen LogP contribution in [0.5, 0.6) is 0 Å². The molecule has 8 heteroatoms. The average Bonchev–Trinajstić information content (AvgIpc) is 3.46. The first-order valence-electron chi connectivity index (χ1n) is 10.9. The maximum Gasteiger partial charge on any atom is 0.200 e. The minimum Gasteiger partial charge on any atom is -0.381 e. The number of ether oxygens (including phenoxy) is 2.